The van der Waals surface area contributed by atoms with Crippen LogP contribution in [0.3, 0.4) is 0 Å². The maximum absolute atomic E-state index is 14.1. The molecular formula is C27H21BrClFN2O3S. The van der Waals surface area contributed by atoms with Gasteiger partial charge in [-0.15, -0.1) is 0 Å². The molecule has 0 fully saturated rings. The van der Waals surface area contributed by atoms with E-state index in [4.69, 9.17) is 11.6 Å². The van der Waals surface area contributed by atoms with Crippen molar-refractivity contribution in [3.8, 4) is 0 Å². The molecule has 1 N–H and O–H groups in total. The van der Waals surface area contributed by atoms with Crippen LogP contribution in [0.2, 0.25) is 5.02 Å². The third-order valence-electron chi connectivity index (χ3n) is 5.49. The Morgan fingerprint density at radius 3 is 2.33 bits per heavy atom. The topological polar surface area (TPSA) is 66.5 Å². The van der Waals surface area contributed by atoms with Gasteiger partial charge in [0.1, 0.15) is 5.82 Å². The summed E-state index contributed by atoms with van der Waals surface area (Å²) in [5.74, 6) is -1.05. The van der Waals surface area contributed by atoms with Crippen LogP contribution in [0.15, 0.2) is 100 Å². The van der Waals surface area contributed by atoms with Crippen LogP contribution in [-0.4, -0.2) is 14.3 Å². The fourth-order valence-corrected chi connectivity index (χ4v) is 5.61. The molecule has 36 heavy (non-hydrogen) atoms. The molecule has 0 aromatic heterocycles. The van der Waals surface area contributed by atoms with Crippen LogP contribution in [-0.2, 0) is 16.6 Å². The molecule has 0 radical (unpaired) electrons. The molecule has 0 unspecified atom stereocenters. The number of halogens is 3. The Kier molecular flexibility index (Phi) is 7.78. The van der Waals surface area contributed by atoms with Gasteiger partial charge in [-0.2, -0.15) is 0 Å². The van der Waals surface area contributed by atoms with E-state index in [9.17, 15) is 17.6 Å². The second-order valence-corrected chi connectivity index (χ2v) is 11.2. The lowest BCUT2D eigenvalue weighted by molar-refractivity contribution is 0.102. The number of nitrogens with zero attached hydrogens (tertiary/aromatic N) is 1. The van der Waals surface area contributed by atoms with E-state index in [0.29, 0.717) is 26.3 Å². The number of carbonyl (C=O) groups excluding carboxylic acids is 1. The molecular weight excluding hydrogens is 567 g/mol. The van der Waals surface area contributed by atoms with Gasteiger partial charge in [-0.05, 0) is 72.6 Å². The summed E-state index contributed by atoms with van der Waals surface area (Å²) >= 11 is 9.39. The van der Waals surface area contributed by atoms with Crippen LogP contribution in [0.5, 0.6) is 0 Å². The Hall–Kier alpha value is -3.20. The van der Waals surface area contributed by atoms with Crippen LogP contribution >= 0.6 is 27.5 Å². The molecule has 184 valence electrons. The quantitative estimate of drug-likeness (QED) is 0.249. The largest absolute Gasteiger partial charge is 0.319 e. The Morgan fingerprint density at radius 2 is 1.67 bits per heavy atom. The number of hydrogen-bond donors (Lipinski definition) is 1. The standard InChI is InChI=1S/C27H21BrClFN2O3S/c1-18-7-13-22(29)16-26(18)32(36(34,35)23-5-3-2-4-6-23)17-19-8-10-20(11-9-19)27(33)31-25-14-12-21(28)15-24(25)30/h2-16H,17H2,1H3,(H,31,33). The molecule has 5 nitrogen and oxygen atoms in total. The van der Waals surface area contributed by atoms with Gasteiger partial charge in [0.25, 0.3) is 15.9 Å². The van der Waals surface area contributed by atoms with Gasteiger partial charge < -0.3 is 5.32 Å². The molecule has 4 aromatic rings. The van der Waals surface area contributed by atoms with E-state index in [-0.39, 0.29) is 17.1 Å². The van der Waals surface area contributed by atoms with E-state index in [1.165, 1.54) is 28.6 Å². The monoisotopic (exact) mass is 586 g/mol. The number of hydrogen-bond acceptors (Lipinski definition) is 3. The summed E-state index contributed by atoms with van der Waals surface area (Å²) in [6.07, 6.45) is 0. The molecule has 0 saturated heterocycles. The zero-order valence-corrected chi connectivity index (χ0v) is 22.2. The van der Waals surface area contributed by atoms with Crippen molar-refractivity contribution in [1.82, 2.24) is 0 Å². The molecule has 0 saturated carbocycles. The zero-order chi connectivity index (χ0) is 25.9. The molecule has 4 aromatic carbocycles. The fraction of sp³-hybridized carbons (Fsp3) is 0.0741. The maximum atomic E-state index is 14.1. The van der Waals surface area contributed by atoms with Gasteiger partial charge in [0.05, 0.1) is 22.8 Å². The third kappa shape index (κ3) is 5.78. The Morgan fingerprint density at radius 1 is 0.972 bits per heavy atom. The number of anilines is 2. The summed E-state index contributed by atoms with van der Waals surface area (Å²) in [7, 11) is -3.92. The van der Waals surface area contributed by atoms with Crippen molar-refractivity contribution in [3.63, 3.8) is 0 Å². The summed E-state index contributed by atoms with van der Waals surface area (Å²) in [6.45, 7) is 1.83. The number of amides is 1. The molecule has 0 heterocycles. The highest BCUT2D eigenvalue weighted by Gasteiger charge is 2.26. The predicted octanol–water partition coefficient (Wildman–Crippen LogP) is 7.20. The van der Waals surface area contributed by atoms with Crippen LogP contribution in [0, 0.1) is 12.7 Å². The number of rotatable bonds is 7. The van der Waals surface area contributed by atoms with Crippen molar-refractivity contribution in [2.45, 2.75) is 18.4 Å². The van der Waals surface area contributed by atoms with E-state index in [0.717, 1.165) is 5.56 Å². The molecule has 0 atom stereocenters. The van der Waals surface area contributed by atoms with E-state index >= 15 is 0 Å². The van der Waals surface area contributed by atoms with Gasteiger partial charge in [-0.25, -0.2) is 12.8 Å². The smallest absolute Gasteiger partial charge is 0.264 e. The summed E-state index contributed by atoms with van der Waals surface area (Å²) in [5, 5.41) is 2.96. The Labute approximate surface area is 222 Å². The van der Waals surface area contributed by atoms with Gasteiger partial charge in [0.2, 0.25) is 0 Å². The predicted molar refractivity (Wildman–Crippen MR) is 144 cm³/mol. The fourth-order valence-electron chi connectivity index (χ4n) is 3.58. The maximum Gasteiger partial charge on any atom is 0.264 e. The molecule has 0 bridgehead atoms. The van der Waals surface area contributed by atoms with E-state index in [2.05, 4.69) is 21.2 Å². The Balaban J connectivity index is 1.63. The number of sulfonamides is 1. The lowest BCUT2D eigenvalue weighted by Crippen LogP contribution is -2.31. The summed E-state index contributed by atoms with van der Waals surface area (Å²) in [6, 6.07) is 24.1. The normalized spacial score (nSPS) is 11.2. The van der Waals surface area contributed by atoms with Crippen molar-refractivity contribution in [2.75, 3.05) is 9.62 Å². The van der Waals surface area contributed by atoms with E-state index in [1.54, 1.807) is 66.7 Å². The SMILES string of the molecule is Cc1ccc(Cl)cc1N(Cc1ccc(C(=O)Nc2ccc(Br)cc2F)cc1)S(=O)(=O)c1ccccc1. The van der Waals surface area contributed by atoms with Gasteiger partial charge in [-0.1, -0.05) is 63.9 Å². The van der Waals surface area contributed by atoms with Gasteiger partial charge in [0.15, 0.2) is 0 Å². The van der Waals surface area contributed by atoms with E-state index < -0.39 is 21.7 Å². The van der Waals surface area contributed by atoms with Crippen LogP contribution in [0.1, 0.15) is 21.5 Å². The molecule has 0 aliphatic carbocycles. The van der Waals surface area contributed by atoms with Crippen molar-refractivity contribution < 1.29 is 17.6 Å². The first-order valence-corrected chi connectivity index (χ1v) is 13.5. The van der Waals surface area contributed by atoms with Gasteiger partial charge >= 0.3 is 0 Å². The summed E-state index contributed by atoms with van der Waals surface area (Å²) < 4.78 is 43.2. The highest BCUT2D eigenvalue weighted by atomic mass is 79.9. The van der Waals surface area contributed by atoms with Crippen LogP contribution < -0.4 is 9.62 Å². The van der Waals surface area contributed by atoms with Crippen molar-refractivity contribution in [2.24, 2.45) is 0 Å². The number of benzene rings is 4. The third-order valence-corrected chi connectivity index (χ3v) is 8.00. The van der Waals surface area contributed by atoms with Gasteiger partial charge in [-0.3, -0.25) is 9.10 Å². The minimum atomic E-state index is -3.92. The van der Waals surface area contributed by atoms with Crippen molar-refractivity contribution in [3.05, 3.63) is 123 Å². The van der Waals surface area contributed by atoms with Gasteiger partial charge in [0, 0.05) is 15.1 Å². The lowest BCUT2D eigenvalue weighted by Gasteiger charge is -2.26. The molecule has 0 aliphatic rings. The minimum absolute atomic E-state index is 0.0155. The first-order chi connectivity index (χ1) is 17.1. The first kappa shape index (κ1) is 25.9. The van der Waals surface area contributed by atoms with Crippen LogP contribution in [0.25, 0.3) is 0 Å². The summed E-state index contributed by atoms with van der Waals surface area (Å²) in [5.41, 5.74) is 2.21. The second-order valence-electron chi connectivity index (χ2n) is 8.03. The number of aryl methyl sites for hydroxylation is 1. The zero-order valence-electron chi connectivity index (χ0n) is 19.1. The first-order valence-electron chi connectivity index (χ1n) is 10.8. The second kappa shape index (κ2) is 10.8. The minimum Gasteiger partial charge on any atom is -0.319 e. The van der Waals surface area contributed by atoms with Crippen LogP contribution in [0.4, 0.5) is 15.8 Å². The molecule has 0 aliphatic heterocycles. The molecule has 9 heteroatoms. The molecule has 0 spiro atoms. The van der Waals surface area contributed by atoms with Crippen molar-refractivity contribution >= 4 is 54.8 Å². The Bertz CT molecular complexity index is 1510. The average Bonchev–Trinajstić information content (AvgIpc) is 2.86. The number of nitrogens with one attached hydrogen (secondary N) is 1. The average molecular weight is 588 g/mol. The van der Waals surface area contributed by atoms with Crippen molar-refractivity contribution in [1.29, 1.82) is 0 Å². The molecule has 1 amide bonds. The number of carbonyl (C=O) groups is 1. The summed E-state index contributed by atoms with van der Waals surface area (Å²) in [4.78, 5) is 12.8. The lowest BCUT2D eigenvalue weighted by atomic mass is 10.1. The molecule has 4 rings (SSSR count). The van der Waals surface area contributed by atoms with E-state index in [1.807, 2.05) is 6.92 Å². The highest BCUT2D eigenvalue weighted by Crippen LogP contribution is 2.31. The highest BCUT2D eigenvalue weighted by molar-refractivity contribution is 9.10.